The molecule has 0 aromatic heterocycles. The largest absolute Gasteiger partial charge is 0.481 e. The van der Waals surface area contributed by atoms with E-state index in [4.69, 9.17) is 5.11 Å². The molecule has 98 valence electrons. The summed E-state index contributed by atoms with van der Waals surface area (Å²) in [5.74, 6) is -0.941. The zero-order chi connectivity index (χ0) is 12.9. The first-order valence-corrected chi connectivity index (χ1v) is 5.77. The minimum atomic E-state index is -0.781. The summed E-state index contributed by atoms with van der Waals surface area (Å²) in [6, 6.07) is 0. The van der Waals surface area contributed by atoms with E-state index in [-0.39, 0.29) is 12.5 Å². The lowest BCUT2D eigenvalue weighted by Crippen LogP contribution is -2.51. The quantitative estimate of drug-likeness (QED) is 0.320. The van der Waals surface area contributed by atoms with Gasteiger partial charge >= 0.3 is 5.97 Å². The van der Waals surface area contributed by atoms with Gasteiger partial charge in [0.05, 0.1) is 32.6 Å². The van der Waals surface area contributed by atoms with E-state index in [2.05, 4.69) is 11.9 Å². The van der Waals surface area contributed by atoms with Gasteiger partial charge in [-0.1, -0.05) is 0 Å². The molecule has 0 amide bonds. The van der Waals surface area contributed by atoms with Crippen LogP contribution in [0.1, 0.15) is 19.3 Å². The monoisotopic (exact) mass is 247 g/mol. The number of piperidine rings is 1. The molecule has 1 aliphatic rings. The van der Waals surface area contributed by atoms with Crippen molar-refractivity contribution in [3.8, 4) is 0 Å². The Hall–Kier alpha value is -1.37. The van der Waals surface area contributed by atoms with Gasteiger partial charge in [-0.2, -0.15) is 0 Å². The Morgan fingerprint density at radius 3 is 2.59 bits per heavy atom. The summed E-state index contributed by atoms with van der Waals surface area (Å²) in [5, 5.41) is 18.1. The van der Waals surface area contributed by atoms with Crippen molar-refractivity contribution >= 4 is 5.97 Å². The van der Waals surface area contributed by atoms with E-state index in [1.165, 1.54) is 0 Å². The Labute approximate surface area is 99.7 Å². The first-order valence-electron chi connectivity index (χ1n) is 5.77. The summed E-state index contributed by atoms with van der Waals surface area (Å²) < 4.78 is 0.783. The van der Waals surface area contributed by atoms with Gasteiger partial charge in [-0.05, 0) is 0 Å². The summed E-state index contributed by atoms with van der Waals surface area (Å²) in [5.41, 5.74) is 0. The molecule has 1 aliphatic heterocycles. The molecular formula is C10H19N2O5+. The van der Waals surface area contributed by atoms with Crippen molar-refractivity contribution in [2.75, 3.05) is 33.3 Å². The van der Waals surface area contributed by atoms with Gasteiger partial charge in [0.25, 0.3) is 5.09 Å². The number of hydrogen-bond donors (Lipinski definition) is 1. The standard InChI is InChI=1S/C10H18N2O5/c1-12(5-2-8-17-11(15)16)6-3-9(4-7-12)10(13)14/h9H,2-8H2,1H3/p+1. The van der Waals surface area contributed by atoms with E-state index in [0.29, 0.717) is 19.3 Å². The third-order valence-corrected chi connectivity index (χ3v) is 3.42. The maximum absolute atomic E-state index is 10.8. The first kappa shape index (κ1) is 13.7. The fraction of sp³-hybridized carbons (Fsp3) is 0.900. The molecule has 0 radical (unpaired) electrons. The third-order valence-electron chi connectivity index (χ3n) is 3.42. The van der Waals surface area contributed by atoms with Crippen molar-refractivity contribution in [2.45, 2.75) is 19.3 Å². The topological polar surface area (TPSA) is 89.7 Å². The van der Waals surface area contributed by atoms with Gasteiger partial charge < -0.3 is 14.4 Å². The van der Waals surface area contributed by atoms with Crippen molar-refractivity contribution in [2.24, 2.45) is 5.92 Å². The Bertz CT molecular complexity index is 286. The Morgan fingerprint density at radius 1 is 1.53 bits per heavy atom. The second kappa shape index (κ2) is 5.81. The number of nitrogens with zero attached hydrogens (tertiary/aromatic N) is 2. The Balaban J connectivity index is 2.25. The van der Waals surface area contributed by atoms with Crippen LogP contribution in [-0.2, 0) is 9.63 Å². The fourth-order valence-corrected chi connectivity index (χ4v) is 2.25. The molecule has 7 nitrogen and oxygen atoms in total. The van der Waals surface area contributed by atoms with Crippen LogP contribution in [-0.4, -0.2) is 53.9 Å². The maximum atomic E-state index is 10.8. The number of rotatable bonds is 6. The SMILES string of the molecule is C[N+]1(CCCO[N+](=O)[O-])CCC(C(=O)O)CC1. The van der Waals surface area contributed by atoms with Gasteiger partial charge in [0.2, 0.25) is 0 Å². The number of likely N-dealkylation sites (tertiary alicyclic amines) is 1. The number of carboxylic acids is 1. The van der Waals surface area contributed by atoms with E-state index < -0.39 is 11.1 Å². The highest BCUT2D eigenvalue weighted by Gasteiger charge is 2.32. The maximum Gasteiger partial charge on any atom is 0.306 e. The molecule has 0 bridgehead atoms. The van der Waals surface area contributed by atoms with Gasteiger partial charge in [0.15, 0.2) is 0 Å². The van der Waals surface area contributed by atoms with Crippen molar-refractivity contribution in [3.05, 3.63) is 10.1 Å². The lowest BCUT2D eigenvalue weighted by atomic mass is 9.95. The molecule has 0 aromatic rings. The lowest BCUT2D eigenvalue weighted by molar-refractivity contribution is -0.915. The predicted octanol–water partition coefficient (Wildman–Crippen LogP) is 0.526. The Morgan fingerprint density at radius 2 is 2.12 bits per heavy atom. The fourth-order valence-electron chi connectivity index (χ4n) is 2.25. The molecule has 17 heavy (non-hydrogen) atoms. The van der Waals surface area contributed by atoms with Crippen LogP contribution < -0.4 is 0 Å². The summed E-state index contributed by atoms with van der Waals surface area (Å²) >= 11 is 0. The number of carbonyl (C=O) groups is 1. The molecule has 0 saturated carbocycles. The molecular weight excluding hydrogens is 228 g/mol. The summed E-state index contributed by atoms with van der Waals surface area (Å²) in [4.78, 5) is 25.0. The van der Waals surface area contributed by atoms with Gasteiger partial charge in [-0.15, -0.1) is 10.1 Å². The van der Waals surface area contributed by atoms with Crippen LogP contribution in [0.15, 0.2) is 0 Å². The minimum Gasteiger partial charge on any atom is -0.481 e. The minimum absolute atomic E-state index is 0.114. The van der Waals surface area contributed by atoms with Crippen molar-refractivity contribution in [1.29, 1.82) is 0 Å². The summed E-state index contributed by atoms with van der Waals surface area (Å²) in [6.07, 6.45) is 1.99. The van der Waals surface area contributed by atoms with Crippen LogP contribution in [0.5, 0.6) is 0 Å². The van der Waals surface area contributed by atoms with Gasteiger partial charge in [0, 0.05) is 19.3 Å². The van der Waals surface area contributed by atoms with Gasteiger partial charge in [0.1, 0.15) is 6.61 Å². The molecule has 0 atom stereocenters. The average Bonchev–Trinajstić information content (AvgIpc) is 2.25. The molecule has 1 saturated heterocycles. The van der Waals surface area contributed by atoms with E-state index in [1.54, 1.807) is 0 Å². The van der Waals surface area contributed by atoms with Crippen molar-refractivity contribution in [1.82, 2.24) is 0 Å². The van der Waals surface area contributed by atoms with Gasteiger partial charge in [-0.3, -0.25) is 4.79 Å². The number of hydrogen-bond acceptors (Lipinski definition) is 4. The van der Waals surface area contributed by atoms with Crippen LogP contribution >= 0.6 is 0 Å². The zero-order valence-corrected chi connectivity index (χ0v) is 10.0. The molecule has 1 N–H and O–H groups in total. The average molecular weight is 247 g/mol. The second-order valence-corrected chi connectivity index (χ2v) is 4.81. The number of aliphatic carboxylic acids is 1. The van der Waals surface area contributed by atoms with E-state index in [0.717, 1.165) is 24.1 Å². The molecule has 1 fully saturated rings. The van der Waals surface area contributed by atoms with Crippen LogP contribution in [0.3, 0.4) is 0 Å². The van der Waals surface area contributed by atoms with E-state index >= 15 is 0 Å². The first-order chi connectivity index (χ1) is 7.93. The predicted molar refractivity (Wildman–Crippen MR) is 58.7 cm³/mol. The van der Waals surface area contributed by atoms with Crippen LogP contribution in [0.2, 0.25) is 0 Å². The number of quaternary nitrogens is 1. The van der Waals surface area contributed by atoms with Crippen molar-refractivity contribution in [3.63, 3.8) is 0 Å². The highest BCUT2D eigenvalue weighted by atomic mass is 16.9. The van der Waals surface area contributed by atoms with E-state index in [9.17, 15) is 14.9 Å². The molecule has 0 spiro atoms. The number of carboxylic acid groups (broad SMARTS) is 1. The zero-order valence-electron chi connectivity index (χ0n) is 10.0. The summed E-state index contributed by atoms with van der Waals surface area (Å²) in [7, 11) is 2.06. The normalized spacial score (nSPS) is 28.6. The smallest absolute Gasteiger partial charge is 0.306 e. The van der Waals surface area contributed by atoms with Crippen LogP contribution in [0.4, 0.5) is 0 Å². The van der Waals surface area contributed by atoms with Gasteiger partial charge in [-0.25, -0.2) is 0 Å². The van der Waals surface area contributed by atoms with E-state index in [1.807, 2.05) is 0 Å². The highest BCUT2D eigenvalue weighted by Crippen LogP contribution is 2.22. The highest BCUT2D eigenvalue weighted by molar-refractivity contribution is 5.69. The second-order valence-electron chi connectivity index (χ2n) is 4.81. The molecule has 0 aromatic carbocycles. The van der Waals surface area contributed by atoms with Crippen LogP contribution in [0.25, 0.3) is 0 Å². The molecule has 1 rings (SSSR count). The lowest BCUT2D eigenvalue weighted by Gasteiger charge is -2.39. The summed E-state index contributed by atoms with van der Waals surface area (Å²) in [6.45, 7) is 2.54. The Kier molecular flexibility index (Phi) is 4.68. The molecule has 1 heterocycles. The van der Waals surface area contributed by atoms with Crippen LogP contribution in [0, 0.1) is 16.0 Å². The molecule has 0 aliphatic carbocycles. The molecule has 0 unspecified atom stereocenters. The van der Waals surface area contributed by atoms with Crippen molar-refractivity contribution < 1.29 is 24.3 Å². The molecule has 7 heteroatoms. The third kappa shape index (κ3) is 4.56.